The van der Waals surface area contributed by atoms with Gasteiger partial charge in [0, 0.05) is 17.5 Å². The second-order valence-corrected chi connectivity index (χ2v) is 7.73. The Morgan fingerprint density at radius 1 is 1.19 bits per heavy atom. The number of halogens is 2. The van der Waals surface area contributed by atoms with Gasteiger partial charge in [-0.15, -0.1) is 36.2 Å². The Kier molecular flexibility index (Phi) is 9.04. The minimum Gasteiger partial charge on any atom is -0.354 e. The maximum atomic E-state index is 12.3. The van der Waals surface area contributed by atoms with Gasteiger partial charge in [0.15, 0.2) is 0 Å². The van der Waals surface area contributed by atoms with Gasteiger partial charge in [0.05, 0.1) is 16.2 Å². The van der Waals surface area contributed by atoms with Crippen LogP contribution in [0.4, 0.5) is 0 Å². The third-order valence-electron chi connectivity index (χ3n) is 4.77. The molecule has 0 spiro atoms. The van der Waals surface area contributed by atoms with Crippen LogP contribution in [-0.2, 0) is 11.2 Å². The molecule has 0 bridgehead atoms. The Morgan fingerprint density at radius 3 is 2.42 bits per heavy atom. The number of aromatic nitrogens is 1. The van der Waals surface area contributed by atoms with Crippen LogP contribution in [0, 0.1) is 6.92 Å². The topological polar surface area (TPSA) is 68.0 Å². The molecule has 0 saturated heterocycles. The molecular weight excluding hydrogens is 389 g/mol. The lowest BCUT2D eigenvalue weighted by Crippen LogP contribution is -2.55. The second kappa shape index (κ2) is 10.3. The molecule has 7 heteroatoms. The average molecular weight is 416 g/mol. The largest absolute Gasteiger partial charge is 0.354 e. The molecule has 2 aromatic rings. The SMILES string of the molecule is Cc1nc(-c2ccc(CCNC(=O)C3(N)CCCCC3)cc2)cs1.Cl.Cl. The molecule has 1 aliphatic carbocycles. The molecular formula is C19H27Cl2N3OS. The van der Waals surface area contributed by atoms with E-state index in [-0.39, 0.29) is 30.7 Å². The lowest BCUT2D eigenvalue weighted by molar-refractivity contribution is -0.127. The fourth-order valence-electron chi connectivity index (χ4n) is 3.24. The summed E-state index contributed by atoms with van der Waals surface area (Å²) in [5, 5.41) is 6.17. The van der Waals surface area contributed by atoms with Gasteiger partial charge in [-0.2, -0.15) is 0 Å². The molecule has 4 nitrogen and oxygen atoms in total. The van der Waals surface area contributed by atoms with Crippen molar-refractivity contribution < 1.29 is 4.79 Å². The summed E-state index contributed by atoms with van der Waals surface area (Å²) in [6.45, 7) is 2.65. The van der Waals surface area contributed by atoms with E-state index in [1.165, 1.54) is 12.0 Å². The van der Waals surface area contributed by atoms with Crippen molar-refractivity contribution in [3.05, 3.63) is 40.2 Å². The van der Waals surface area contributed by atoms with Crippen LogP contribution >= 0.6 is 36.2 Å². The summed E-state index contributed by atoms with van der Waals surface area (Å²) in [6.07, 6.45) is 5.74. The molecule has 0 aliphatic heterocycles. The molecule has 0 radical (unpaired) electrons. The summed E-state index contributed by atoms with van der Waals surface area (Å²) in [5.41, 5.74) is 8.97. The molecule has 3 N–H and O–H groups in total. The van der Waals surface area contributed by atoms with Gasteiger partial charge in [-0.25, -0.2) is 4.98 Å². The fourth-order valence-corrected chi connectivity index (χ4v) is 3.87. The smallest absolute Gasteiger partial charge is 0.240 e. The van der Waals surface area contributed by atoms with Gasteiger partial charge >= 0.3 is 0 Å². The predicted molar refractivity (Wildman–Crippen MR) is 114 cm³/mol. The quantitative estimate of drug-likeness (QED) is 0.765. The van der Waals surface area contributed by atoms with E-state index in [2.05, 4.69) is 39.9 Å². The fraction of sp³-hybridized carbons (Fsp3) is 0.474. The van der Waals surface area contributed by atoms with Crippen molar-refractivity contribution in [2.75, 3.05) is 6.54 Å². The van der Waals surface area contributed by atoms with Crippen molar-refractivity contribution in [3.63, 3.8) is 0 Å². The van der Waals surface area contributed by atoms with Gasteiger partial charge in [-0.1, -0.05) is 43.5 Å². The first-order valence-electron chi connectivity index (χ1n) is 8.65. The molecule has 1 amide bonds. The van der Waals surface area contributed by atoms with E-state index < -0.39 is 5.54 Å². The molecule has 1 aromatic carbocycles. The first kappa shape index (κ1) is 22.9. The molecule has 3 rings (SSSR count). The Hall–Kier alpha value is -1.14. The number of hydrogen-bond acceptors (Lipinski definition) is 4. The zero-order valence-electron chi connectivity index (χ0n) is 15.0. The number of aryl methyl sites for hydroxylation is 1. The molecule has 1 fully saturated rings. The zero-order valence-corrected chi connectivity index (χ0v) is 17.4. The summed E-state index contributed by atoms with van der Waals surface area (Å²) >= 11 is 1.66. The van der Waals surface area contributed by atoms with Crippen LogP contribution in [0.5, 0.6) is 0 Å². The molecule has 1 saturated carbocycles. The van der Waals surface area contributed by atoms with Crippen molar-refractivity contribution in [2.24, 2.45) is 5.73 Å². The van der Waals surface area contributed by atoms with E-state index in [0.717, 1.165) is 48.4 Å². The van der Waals surface area contributed by atoms with E-state index in [1.807, 2.05) is 6.92 Å². The Labute approximate surface area is 171 Å². The first-order chi connectivity index (χ1) is 11.6. The van der Waals surface area contributed by atoms with Crippen LogP contribution in [-0.4, -0.2) is 23.0 Å². The minimum absolute atomic E-state index is 0. The number of amides is 1. The van der Waals surface area contributed by atoms with Gasteiger partial charge < -0.3 is 11.1 Å². The van der Waals surface area contributed by atoms with Crippen LogP contribution < -0.4 is 11.1 Å². The van der Waals surface area contributed by atoms with Crippen molar-refractivity contribution in [1.29, 1.82) is 0 Å². The zero-order chi connectivity index (χ0) is 17.0. The number of rotatable bonds is 5. The Balaban J connectivity index is 0.00000169. The summed E-state index contributed by atoms with van der Waals surface area (Å²) in [5.74, 6) is 0.0109. The number of carbonyl (C=O) groups excluding carboxylic acids is 1. The molecule has 26 heavy (non-hydrogen) atoms. The highest BCUT2D eigenvalue weighted by atomic mass is 35.5. The second-order valence-electron chi connectivity index (χ2n) is 6.67. The summed E-state index contributed by atoms with van der Waals surface area (Å²) < 4.78 is 0. The highest BCUT2D eigenvalue weighted by Gasteiger charge is 2.34. The third-order valence-corrected chi connectivity index (χ3v) is 5.54. The van der Waals surface area contributed by atoms with E-state index in [4.69, 9.17) is 5.73 Å². The van der Waals surface area contributed by atoms with Gasteiger partial charge in [0.2, 0.25) is 5.91 Å². The van der Waals surface area contributed by atoms with Crippen molar-refractivity contribution >= 4 is 42.1 Å². The van der Waals surface area contributed by atoms with Crippen molar-refractivity contribution in [1.82, 2.24) is 10.3 Å². The monoisotopic (exact) mass is 415 g/mol. The maximum absolute atomic E-state index is 12.3. The molecule has 1 heterocycles. The molecule has 1 aliphatic rings. The van der Waals surface area contributed by atoms with Crippen LogP contribution in [0.3, 0.4) is 0 Å². The molecule has 1 aromatic heterocycles. The van der Waals surface area contributed by atoms with Crippen molar-refractivity contribution in [3.8, 4) is 11.3 Å². The third kappa shape index (κ3) is 5.68. The first-order valence-corrected chi connectivity index (χ1v) is 9.53. The summed E-state index contributed by atoms with van der Waals surface area (Å²) in [6, 6.07) is 8.40. The number of benzene rings is 1. The van der Waals surface area contributed by atoms with E-state index >= 15 is 0 Å². The van der Waals surface area contributed by atoms with Crippen LogP contribution in [0.1, 0.15) is 42.7 Å². The van der Waals surface area contributed by atoms with Crippen molar-refractivity contribution in [2.45, 2.75) is 51.0 Å². The van der Waals surface area contributed by atoms with Crippen LogP contribution in [0.2, 0.25) is 0 Å². The van der Waals surface area contributed by atoms with Gasteiger partial charge in [-0.3, -0.25) is 4.79 Å². The minimum atomic E-state index is -0.648. The maximum Gasteiger partial charge on any atom is 0.240 e. The van der Waals surface area contributed by atoms with Gasteiger partial charge in [0.25, 0.3) is 0 Å². The molecule has 144 valence electrons. The van der Waals surface area contributed by atoms with E-state index in [0.29, 0.717) is 6.54 Å². The molecule has 0 unspecified atom stereocenters. The Morgan fingerprint density at radius 2 is 1.85 bits per heavy atom. The number of hydrogen-bond donors (Lipinski definition) is 2. The summed E-state index contributed by atoms with van der Waals surface area (Å²) in [7, 11) is 0. The lowest BCUT2D eigenvalue weighted by atomic mass is 9.82. The highest BCUT2D eigenvalue weighted by molar-refractivity contribution is 7.09. The van der Waals surface area contributed by atoms with Gasteiger partial charge in [-0.05, 0) is 31.7 Å². The van der Waals surface area contributed by atoms with E-state index in [1.54, 1.807) is 11.3 Å². The summed E-state index contributed by atoms with van der Waals surface area (Å²) in [4.78, 5) is 16.8. The number of nitrogens with zero attached hydrogens (tertiary/aromatic N) is 1. The lowest BCUT2D eigenvalue weighted by Gasteiger charge is -2.31. The number of carbonyl (C=O) groups is 1. The standard InChI is InChI=1S/C19H25N3OS.2ClH/c1-14-22-17(13-24-14)16-7-5-15(6-8-16)9-12-21-18(23)19(20)10-3-2-4-11-19;;/h5-8,13H,2-4,9-12,20H2,1H3,(H,21,23);2*1H. The highest BCUT2D eigenvalue weighted by Crippen LogP contribution is 2.26. The van der Waals surface area contributed by atoms with E-state index in [9.17, 15) is 4.79 Å². The van der Waals surface area contributed by atoms with Crippen LogP contribution in [0.25, 0.3) is 11.3 Å². The normalized spacial score (nSPS) is 15.5. The van der Waals surface area contributed by atoms with Gasteiger partial charge in [0.1, 0.15) is 0 Å². The van der Waals surface area contributed by atoms with Crippen LogP contribution in [0.15, 0.2) is 29.6 Å². The average Bonchev–Trinajstić information content (AvgIpc) is 3.02. The Bertz CT molecular complexity index is 697. The predicted octanol–water partition coefficient (Wildman–Crippen LogP) is 4.28. The number of nitrogens with two attached hydrogens (primary N) is 1. The molecule has 0 atom stereocenters. The number of thiazole rings is 1. The number of nitrogens with one attached hydrogen (secondary N) is 1.